The molecule has 0 unspecified atom stereocenters. The normalized spacial score (nSPS) is 12.8. The molecule has 9 aromatic carbocycles. The summed E-state index contributed by atoms with van der Waals surface area (Å²) in [5.74, 6) is 0. The number of alkyl halides is 3. The van der Waals surface area contributed by atoms with E-state index in [0.717, 1.165) is 78.8 Å². The Morgan fingerprint density at radius 1 is 0.477 bits per heavy atom. The van der Waals surface area contributed by atoms with Crippen LogP contribution in [-0.4, -0.2) is 11.3 Å². The molecule has 0 bridgehead atoms. The molecule has 1 aromatic heterocycles. The Morgan fingerprint density at radius 3 is 1.68 bits per heavy atom. The predicted molar refractivity (Wildman–Crippen MR) is 260 cm³/mol. The molecule has 2 aliphatic heterocycles. The Kier molecular flexibility index (Phi) is 8.66. The van der Waals surface area contributed by atoms with Crippen molar-refractivity contribution in [2.24, 2.45) is 0 Å². The zero-order chi connectivity index (χ0) is 44.0. The number of fused-ring (bicyclic) bond motifs is 7. The first kappa shape index (κ1) is 38.4. The van der Waals surface area contributed by atoms with Crippen LogP contribution in [-0.2, 0) is 6.18 Å². The van der Waals surface area contributed by atoms with E-state index in [1.807, 2.05) is 18.2 Å². The van der Waals surface area contributed by atoms with Crippen molar-refractivity contribution in [2.45, 2.75) is 13.1 Å². The molecule has 12 rings (SSSR count). The molecular formula is C57H36BF3N4. The van der Waals surface area contributed by atoms with E-state index in [0.29, 0.717) is 22.3 Å². The second-order valence-electron chi connectivity index (χ2n) is 16.8. The molecule has 8 heteroatoms. The highest BCUT2D eigenvalue weighted by Crippen LogP contribution is 2.47. The molecule has 0 atom stereocenters. The molecule has 0 saturated heterocycles. The lowest BCUT2D eigenvalue weighted by molar-refractivity contribution is -0.137. The third-order valence-electron chi connectivity index (χ3n) is 13.1. The van der Waals surface area contributed by atoms with Crippen LogP contribution < -0.4 is 26.2 Å². The molecule has 0 amide bonds. The molecule has 0 radical (unpaired) electrons. The van der Waals surface area contributed by atoms with E-state index >= 15 is 0 Å². The number of halogens is 3. The second-order valence-corrected chi connectivity index (χ2v) is 16.8. The maximum Gasteiger partial charge on any atom is 0.416 e. The minimum atomic E-state index is -4.47. The molecule has 4 nitrogen and oxygen atoms in total. The zero-order valence-corrected chi connectivity index (χ0v) is 35.1. The number of aryl methyl sites for hydroxylation is 1. The molecule has 2 aliphatic rings. The topological polar surface area (TPSA) is 35.2 Å². The number of anilines is 6. The van der Waals surface area contributed by atoms with Gasteiger partial charge in [0.1, 0.15) is 0 Å². The summed E-state index contributed by atoms with van der Waals surface area (Å²) in [5, 5.41) is 12.1. The van der Waals surface area contributed by atoms with Gasteiger partial charge in [0, 0.05) is 50.5 Å². The van der Waals surface area contributed by atoms with E-state index < -0.39 is 11.7 Å². The fourth-order valence-corrected chi connectivity index (χ4v) is 10.3. The van der Waals surface area contributed by atoms with Crippen LogP contribution in [0.4, 0.5) is 47.3 Å². The van der Waals surface area contributed by atoms with E-state index in [1.165, 1.54) is 28.5 Å². The highest BCUT2D eigenvalue weighted by molar-refractivity contribution is 7.00. The van der Waals surface area contributed by atoms with Crippen molar-refractivity contribution in [1.29, 1.82) is 5.26 Å². The van der Waals surface area contributed by atoms with Crippen molar-refractivity contribution < 1.29 is 13.2 Å². The number of hydrogen-bond acceptors (Lipinski definition) is 3. The number of aromatic nitrogens is 1. The van der Waals surface area contributed by atoms with Gasteiger partial charge < -0.3 is 14.4 Å². The summed E-state index contributed by atoms with van der Waals surface area (Å²) in [6.45, 7) is 1.69. The lowest BCUT2D eigenvalue weighted by Crippen LogP contribution is -2.61. The number of para-hydroxylation sites is 5. The fourth-order valence-electron chi connectivity index (χ4n) is 10.3. The number of hydrogen-bond donors (Lipinski definition) is 0. The van der Waals surface area contributed by atoms with Gasteiger partial charge in [0.05, 0.1) is 33.9 Å². The monoisotopic (exact) mass is 844 g/mol. The summed E-state index contributed by atoms with van der Waals surface area (Å²) >= 11 is 0. The van der Waals surface area contributed by atoms with E-state index in [4.69, 9.17) is 0 Å². The number of benzene rings is 9. The predicted octanol–water partition coefficient (Wildman–Crippen LogP) is 13.4. The van der Waals surface area contributed by atoms with Crippen LogP contribution in [0.2, 0.25) is 0 Å². The van der Waals surface area contributed by atoms with Crippen LogP contribution in [0.5, 0.6) is 0 Å². The maximum absolute atomic E-state index is 13.8. The van der Waals surface area contributed by atoms with Gasteiger partial charge in [-0.25, -0.2) is 0 Å². The van der Waals surface area contributed by atoms with Crippen LogP contribution >= 0.6 is 0 Å². The summed E-state index contributed by atoms with van der Waals surface area (Å²) in [6, 6.07) is 69.7. The lowest BCUT2D eigenvalue weighted by atomic mass is 9.33. The average Bonchev–Trinajstić information content (AvgIpc) is 3.67. The smallest absolute Gasteiger partial charge is 0.311 e. The van der Waals surface area contributed by atoms with Gasteiger partial charge in [-0.2, -0.15) is 18.4 Å². The minimum Gasteiger partial charge on any atom is -0.311 e. The van der Waals surface area contributed by atoms with Gasteiger partial charge in [-0.3, -0.25) is 0 Å². The van der Waals surface area contributed by atoms with Crippen LogP contribution in [0.15, 0.2) is 200 Å². The summed E-state index contributed by atoms with van der Waals surface area (Å²) in [5.41, 5.74) is 16.6. The summed E-state index contributed by atoms with van der Waals surface area (Å²) in [7, 11) is 0. The molecule has 0 fully saturated rings. The molecule has 0 saturated carbocycles. The largest absolute Gasteiger partial charge is 0.416 e. The fraction of sp³-hybridized carbons (Fsp3) is 0.0351. The lowest BCUT2D eigenvalue weighted by Gasteiger charge is -2.44. The molecule has 0 aliphatic carbocycles. The van der Waals surface area contributed by atoms with Crippen molar-refractivity contribution in [2.75, 3.05) is 9.80 Å². The molecule has 0 N–H and O–H groups in total. The van der Waals surface area contributed by atoms with Gasteiger partial charge in [-0.05, 0) is 143 Å². The quantitative estimate of drug-likeness (QED) is 0.162. The number of nitrogens with zero attached hydrogens (tertiary/aromatic N) is 4. The highest BCUT2D eigenvalue weighted by Gasteiger charge is 2.43. The van der Waals surface area contributed by atoms with Crippen molar-refractivity contribution in [1.82, 2.24) is 4.57 Å². The Bertz CT molecular complexity index is 3480. The van der Waals surface area contributed by atoms with E-state index in [-0.39, 0.29) is 6.71 Å². The van der Waals surface area contributed by atoms with Crippen molar-refractivity contribution in [3.8, 4) is 34.0 Å². The molecule has 3 heterocycles. The molecular weight excluding hydrogens is 808 g/mol. The van der Waals surface area contributed by atoms with Crippen molar-refractivity contribution in [3.63, 3.8) is 0 Å². The second kappa shape index (κ2) is 14.7. The van der Waals surface area contributed by atoms with Crippen LogP contribution in [0.3, 0.4) is 0 Å². The maximum atomic E-state index is 13.8. The van der Waals surface area contributed by atoms with Crippen LogP contribution in [0, 0.1) is 18.3 Å². The molecule has 308 valence electrons. The Labute approximate surface area is 374 Å². The third-order valence-corrected chi connectivity index (χ3v) is 13.1. The standard InChI is InChI=1S/C57H36BF3N4/c1-36-30-40(57(59,60)61)26-27-43(36)45-31-37(35-62)24-28-50(45)65-49-21-11-8-18-44(49)46-32-38(25-29-51(46)65)39-33-54-56-55(34-39)64(42-16-6-3-7-17-42)53-23-13-10-20-48(53)58(56)47-19-9-12-22-52(47)63(54)41-14-4-2-5-15-41/h2-34H,1H3. The Morgan fingerprint density at radius 2 is 1.06 bits per heavy atom. The van der Waals surface area contributed by atoms with Crippen molar-refractivity contribution in [3.05, 3.63) is 217 Å². The van der Waals surface area contributed by atoms with Gasteiger partial charge >= 0.3 is 6.18 Å². The zero-order valence-electron chi connectivity index (χ0n) is 35.1. The van der Waals surface area contributed by atoms with Gasteiger partial charge in [-0.15, -0.1) is 0 Å². The highest BCUT2D eigenvalue weighted by atomic mass is 19.4. The first-order chi connectivity index (χ1) is 31.8. The van der Waals surface area contributed by atoms with E-state index in [1.54, 1.807) is 19.1 Å². The minimum absolute atomic E-state index is 0.00301. The summed E-state index contributed by atoms with van der Waals surface area (Å²) in [6.07, 6.45) is -4.47. The van der Waals surface area contributed by atoms with E-state index in [2.05, 4.69) is 172 Å². The Balaban J connectivity index is 1.11. The van der Waals surface area contributed by atoms with Crippen LogP contribution in [0.1, 0.15) is 16.7 Å². The van der Waals surface area contributed by atoms with E-state index in [9.17, 15) is 18.4 Å². The Hall–Kier alpha value is -8.28. The summed E-state index contributed by atoms with van der Waals surface area (Å²) < 4.78 is 43.7. The van der Waals surface area contributed by atoms with Crippen molar-refractivity contribution >= 4 is 79.0 Å². The molecule has 0 spiro atoms. The SMILES string of the molecule is Cc1cc(C(F)(F)F)ccc1-c1cc(C#N)ccc1-n1c2ccccc2c2cc(-c3cc4c5c(c3)N(c3ccccc3)c3ccccc3B5c3ccccc3N4c3ccccc3)ccc21. The molecule has 10 aromatic rings. The first-order valence-corrected chi connectivity index (χ1v) is 21.6. The molecule has 65 heavy (non-hydrogen) atoms. The third kappa shape index (κ3) is 6.00. The average molecular weight is 845 g/mol. The van der Waals surface area contributed by atoms with Gasteiger partial charge in [0.25, 0.3) is 6.71 Å². The van der Waals surface area contributed by atoms with Gasteiger partial charge in [0.2, 0.25) is 0 Å². The van der Waals surface area contributed by atoms with Gasteiger partial charge in [-0.1, -0.05) is 103 Å². The number of rotatable bonds is 5. The summed E-state index contributed by atoms with van der Waals surface area (Å²) in [4.78, 5) is 4.82. The number of nitriles is 1. The first-order valence-electron chi connectivity index (χ1n) is 21.6. The van der Waals surface area contributed by atoms with Gasteiger partial charge in [0.15, 0.2) is 0 Å². The van der Waals surface area contributed by atoms with Crippen LogP contribution in [0.25, 0.3) is 49.7 Å².